The number of fused-ring (bicyclic) bond motifs is 5. The minimum atomic E-state index is -0.0908. The summed E-state index contributed by atoms with van der Waals surface area (Å²) in [5.41, 5.74) is 0.574. The van der Waals surface area contributed by atoms with Crippen LogP contribution in [0.15, 0.2) is 11.0 Å². The number of nitrogens with one attached hydrogen (secondary N) is 1. The molecule has 0 unspecified atom stereocenters. The molecule has 8 heteroatoms. The Labute approximate surface area is 158 Å². The molecule has 2 aromatic heterocycles. The Morgan fingerprint density at radius 1 is 1.15 bits per heavy atom. The van der Waals surface area contributed by atoms with Crippen LogP contribution >= 0.6 is 0 Å². The van der Waals surface area contributed by atoms with Gasteiger partial charge in [0.15, 0.2) is 5.65 Å². The summed E-state index contributed by atoms with van der Waals surface area (Å²) in [6, 6.07) is 1.21. The lowest BCUT2D eigenvalue weighted by molar-refractivity contribution is 0.0307. The number of ether oxygens (including phenoxy) is 1. The first-order valence-corrected chi connectivity index (χ1v) is 10.1. The van der Waals surface area contributed by atoms with Crippen LogP contribution in [-0.4, -0.2) is 74.5 Å². The number of aryl methyl sites for hydroxylation is 1. The first-order chi connectivity index (χ1) is 13.2. The van der Waals surface area contributed by atoms with Gasteiger partial charge in [0.1, 0.15) is 11.2 Å². The fourth-order valence-corrected chi connectivity index (χ4v) is 5.10. The summed E-state index contributed by atoms with van der Waals surface area (Å²) in [6.45, 7) is 5.92. The lowest BCUT2D eigenvalue weighted by atomic mass is 9.95. The van der Waals surface area contributed by atoms with Gasteiger partial charge in [0.2, 0.25) is 0 Å². The van der Waals surface area contributed by atoms with Crippen LogP contribution in [0.5, 0.6) is 0 Å². The number of rotatable bonds is 3. The highest BCUT2D eigenvalue weighted by molar-refractivity contribution is 5.72. The van der Waals surface area contributed by atoms with Crippen LogP contribution in [-0.2, 0) is 18.3 Å². The molecule has 6 heterocycles. The van der Waals surface area contributed by atoms with Crippen molar-refractivity contribution in [1.29, 1.82) is 0 Å². The van der Waals surface area contributed by atoms with Gasteiger partial charge in [-0.2, -0.15) is 5.10 Å². The first kappa shape index (κ1) is 17.3. The van der Waals surface area contributed by atoms with Crippen molar-refractivity contribution in [3.05, 3.63) is 22.4 Å². The number of aromatic amines is 1. The van der Waals surface area contributed by atoms with E-state index in [-0.39, 0.29) is 5.56 Å². The molecule has 1 N–H and O–H groups in total. The Hall–Kier alpha value is -1.77. The fourth-order valence-electron chi connectivity index (χ4n) is 5.10. The van der Waals surface area contributed by atoms with Crippen LogP contribution in [0.3, 0.4) is 0 Å². The largest absolute Gasteiger partial charge is 0.381 e. The first-order valence-electron chi connectivity index (χ1n) is 10.1. The fraction of sp³-hybridized carbons (Fsp3) is 0.737. The number of piperidine rings is 1. The maximum Gasteiger partial charge on any atom is 0.262 e. The molecule has 27 heavy (non-hydrogen) atoms. The molecule has 146 valence electrons. The van der Waals surface area contributed by atoms with Gasteiger partial charge < -0.3 is 9.72 Å². The van der Waals surface area contributed by atoms with Crippen molar-refractivity contribution in [2.45, 2.75) is 44.3 Å². The normalized spacial score (nSPS) is 28.0. The van der Waals surface area contributed by atoms with E-state index >= 15 is 0 Å². The molecule has 4 saturated heterocycles. The van der Waals surface area contributed by atoms with Crippen LogP contribution in [0.4, 0.5) is 0 Å². The van der Waals surface area contributed by atoms with E-state index in [0.29, 0.717) is 35.6 Å². The van der Waals surface area contributed by atoms with Crippen LogP contribution in [0.1, 0.15) is 31.5 Å². The van der Waals surface area contributed by atoms with Crippen molar-refractivity contribution in [1.82, 2.24) is 29.5 Å². The number of hydrogen-bond donors (Lipinski definition) is 1. The SMILES string of the molecule is Cn1ncc2c(=O)[nH]c(CN3C[C@H]4CC[C@@H]3CN(C3CCOCC3)C4)nc21. The maximum atomic E-state index is 12.4. The van der Waals surface area contributed by atoms with Gasteiger partial charge in [-0.3, -0.25) is 19.3 Å². The Morgan fingerprint density at radius 3 is 2.85 bits per heavy atom. The third-order valence-corrected chi connectivity index (χ3v) is 6.57. The lowest BCUT2D eigenvalue weighted by Crippen LogP contribution is -2.46. The Bertz CT molecular complexity index is 871. The second-order valence-electron chi connectivity index (χ2n) is 8.34. The van der Waals surface area contributed by atoms with E-state index in [4.69, 9.17) is 4.74 Å². The molecule has 0 spiro atoms. The average molecular weight is 372 g/mol. The van der Waals surface area contributed by atoms with E-state index in [1.54, 1.807) is 10.9 Å². The molecule has 2 bridgehead atoms. The zero-order valence-corrected chi connectivity index (χ0v) is 15.9. The van der Waals surface area contributed by atoms with E-state index in [1.165, 1.54) is 19.4 Å². The second-order valence-corrected chi connectivity index (χ2v) is 8.34. The van der Waals surface area contributed by atoms with Gasteiger partial charge in [0.25, 0.3) is 5.56 Å². The summed E-state index contributed by atoms with van der Waals surface area (Å²) in [5.74, 6) is 1.46. The van der Waals surface area contributed by atoms with Crippen molar-refractivity contribution in [2.75, 3.05) is 32.8 Å². The van der Waals surface area contributed by atoms with Gasteiger partial charge in [0.05, 0.1) is 12.7 Å². The second kappa shape index (κ2) is 7.00. The van der Waals surface area contributed by atoms with Crippen molar-refractivity contribution in [3.8, 4) is 0 Å². The molecule has 4 fully saturated rings. The quantitative estimate of drug-likeness (QED) is 0.856. The number of aromatic nitrogens is 4. The number of H-pyrrole nitrogens is 1. The average Bonchev–Trinajstić information content (AvgIpc) is 2.86. The van der Waals surface area contributed by atoms with E-state index in [2.05, 4.69) is 24.9 Å². The zero-order valence-electron chi connectivity index (χ0n) is 15.9. The van der Waals surface area contributed by atoms with Gasteiger partial charge in [-0.1, -0.05) is 0 Å². The summed E-state index contributed by atoms with van der Waals surface area (Å²) < 4.78 is 7.23. The minimum absolute atomic E-state index is 0.0908. The third-order valence-electron chi connectivity index (χ3n) is 6.57. The van der Waals surface area contributed by atoms with Gasteiger partial charge in [-0.25, -0.2) is 4.98 Å². The topological polar surface area (TPSA) is 79.3 Å². The molecule has 0 aliphatic carbocycles. The van der Waals surface area contributed by atoms with Crippen molar-refractivity contribution in [2.24, 2.45) is 13.0 Å². The highest BCUT2D eigenvalue weighted by Crippen LogP contribution is 2.31. The molecule has 8 nitrogen and oxygen atoms in total. The van der Waals surface area contributed by atoms with Crippen molar-refractivity contribution < 1.29 is 4.74 Å². The monoisotopic (exact) mass is 372 g/mol. The molecule has 0 aromatic carbocycles. The highest BCUT2D eigenvalue weighted by atomic mass is 16.5. The summed E-state index contributed by atoms with van der Waals surface area (Å²) in [5, 5.41) is 4.72. The predicted octanol–water partition coefficient (Wildman–Crippen LogP) is 0.732. The molecule has 0 radical (unpaired) electrons. The smallest absolute Gasteiger partial charge is 0.262 e. The Balaban J connectivity index is 1.35. The molecule has 4 aliphatic rings. The van der Waals surface area contributed by atoms with E-state index in [0.717, 1.165) is 45.0 Å². The summed E-state index contributed by atoms with van der Waals surface area (Å²) >= 11 is 0. The molecule has 4 aliphatic heterocycles. The van der Waals surface area contributed by atoms with E-state index < -0.39 is 0 Å². The molecule has 0 saturated carbocycles. The molecular formula is C19H28N6O2. The van der Waals surface area contributed by atoms with Gasteiger partial charge in [0, 0.05) is 52.0 Å². The summed E-state index contributed by atoms with van der Waals surface area (Å²) in [6.07, 6.45) is 6.45. The summed E-state index contributed by atoms with van der Waals surface area (Å²) in [7, 11) is 1.83. The predicted molar refractivity (Wildman–Crippen MR) is 101 cm³/mol. The van der Waals surface area contributed by atoms with Crippen molar-refractivity contribution in [3.63, 3.8) is 0 Å². The molecule has 2 aromatic rings. The zero-order chi connectivity index (χ0) is 18.4. The molecule has 0 amide bonds. The van der Waals surface area contributed by atoms with Crippen LogP contribution in [0.25, 0.3) is 11.0 Å². The van der Waals surface area contributed by atoms with Crippen molar-refractivity contribution >= 4 is 11.0 Å². The Morgan fingerprint density at radius 2 is 2.00 bits per heavy atom. The minimum Gasteiger partial charge on any atom is -0.381 e. The molecule has 2 atom stereocenters. The number of hydrogen-bond acceptors (Lipinski definition) is 6. The Kier molecular flexibility index (Phi) is 4.49. The van der Waals surface area contributed by atoms with Gasteiger partial charge >= 0.3 is 0 Å². The van der Waals surface area contributed by atoms with Gasteiger partial charge in [-0.15, -0.1) is 0 Å². The highest BCUT2D eigenvalue weighted by Gasteiger charge is 2.37. The van der Waals surface area contributed by atoms with Crippen LogP contribution < -0.4 is 5.56 Å². The molecule has 6 rings (SSSR count). The standard InChI is InChI=1S/C19H28N6O2/c1-23-18-16(8-20-23)19(26)22-17(21-18)12-25-10-13-2-3-15(25)11-24(9-13)14-4-6-27-7-5-14/h8,13-15H,2-7,9-12H2,1H3,(H,21,22,26)/t13-,15+/m0/s1. The number of nitrogens with zero attached hydrogens (tertiary/aromatic N) is 5. The van der Waals surface area contributed by atoms with E-state index in [1.807, 2.05) is 7.05 Å². The third kappa shape index (κ3) is 3.30. The maximum absolute atomic E-state index is 12.4. The van der Waals surface area contributed by atoms with Crippen LogP contribution in [0, 0.1) is 5.92 Å². The lowest BCUT2D eigenvalue weighted by Gasteiger charge is -2.36. The van der Waals surface area contributed by atoms with E-state index in [9.17, 15) is 4.79 Å². The van der Waals surface area contributed by atoms with Crippen LogP contribution in [0.2, 0.25) is 0 Å². The summed E-state index contributed by atoms with van der Waals surface area (Å²) in [4.78, 5) is 25.3. The van der Waals surface area contributed by atoms with Gasteiger partial charge in [-0.05, 0) is 31.6 Å². The molecular weight excluding hydrogens is 344 g/mol.